The van der Waals surface area contributed by atoms with Crippen molar-refractivity contribution in [1.82, 2.24) is 10.6 Å². The number of fused-ring (bicyclic) bond motifs is 1. The van der Waals surface area contributed by atoms with Gasteiger partial charge in [0.1, 0.15) is 0 Å². The van der Waals surface area contributed by atoms with E-state index >= 15 is 0 Å². The summed E-state index contributed by atoms with van der Waals surface area (Å²) in [6.45, 7) is 1.43. The topological polar surface area (TPSA) is 70.7 Å². The van der Waals surface area contributed by atoms with Gasteiger partial charge in [0, 0.05) is 18.8 Å². The van der Waals surface area contributed by atoms with Gasteiger partial charge in [0.25, 0.3) is 0 Å². The molecule has 6 heteroatoms. The predicted molar refractivity (Wildman–Crippen MR) is 94.5 cm³/mol. The van der Waals surface area contributed by atoms with Gasteiger partial charge in [-0.05, 0) is 49.7 Å². The molecule has 1 aliphatic carbocycles. The zero-order valence-corrected chi connectivity index (χ0v) is 14.4. The van der Waals surface area contributed by atoms with Crippen molar-refractivity contribution in [3.8, 4) is 0 Å². The van der Waals surface area contributed by atoms with Gasteiger partial charge in [0.05, 0.1) is 18.7 Å². The first-order valence-corrected chi connectivity index (χ1v) is 9.26. The van der Waals surface area contributed by atoms with Crippen molar-refractivity contribution < 1.29 is 14.3 Å². The van der Waals surface area contributed by atoms with E-state index in [1.54, 1.807) is 4.90 Å². The molecule has 0 bridgehead atoms. The van der Waals surface area contributed by atoms with Crippen molar-refractivity contribution in [2.24, 2.45) is 5.92 Å². The molecule has 0 spiro atoms. The Morgan fingerprint density at radius 3 is 2.88 bits per heavy atom. The molecule has 4 rings (SSSR count). The average Bonchev–Trinajstić information content (AvgIpc) is 3.38. The van der Waals surface area contributed by atoms with E-state index in [1.807, 2.05) is 18.2 Å². The summed E-state index contributed by atoms with van der Waals surface area (Å²) in [5, 5.41) is 5.70. The van der Waals surface area contributed by atoms with Gasteiger partial charge < -0.3 is 20.3 Å². The van der Waals surface area contributed by atoms with Crippen LogP contribution >= 0.6 is 0 Å². The highest BCUT2D eigenvalue weighted by atomic mass is 16.5. The summed E-state index contributed by atoms with van der Waals surface area (Å²) in [6, 6.07) is 7.77. The fraction of sp³-hybridized carbons (Fsp3) is 0.579. The molecule has 2 fully saturated rings. The largest absolute Gasteiger partial charge is 0.376 e. The number of carbonyl (C=O) groups is 2. The second-order valence-electron chi connectivity index (χ2n) is 7.17. The number of rotatable bonds is 4. The fourth-order valence-electron chi connectivity index (χ4n) is 3.92. The minimum atomic E-state index is -0.278. The Kier molecular flexibility index (Phi) is 4.61. The van der Waals surface area contributed by atoms with Gasteiger partial charge in [-0.3, -0.25) is 4.79 Å². The Hall–Kier alpha value is -2.08. The molecule has 2 N–H and O–H groups in total. The summed E-state index contributed by atoms with van der Waals surface area (Å²) in [7, 11) is 0. The lowest BCUT2D eigenvalue weighted by Crippen LogP contribution is -2.49. The highest BCUT2D eigenvalue weighted by Crippen LogP contribution is 2.38. The molecule has 1 saturated carbocycles. The number of hydrogen-bond donors (Lipinski definition) is 2. The molecule has 0 unspecified atom stereocenters. The van der Waals surface area contributed by atoms with Crippen LogP contribution in [0, 0.1) is 5.92 Å². The third-order valence-electron chi connectivity index (χ3n) is 5.35. The zero-order valence-electron chi connectivity index (χ0n) is 14.4. The summed E-state index contributed by atoms with van der Waals surface area (Å²) in [5.74, 6) is 0.531. The second kappa shape index (κ2) is 7.04. The third-order valence-corrected chi connectivity index (χ3v) is 5.35. The molecule has 1 aromatic rings. The van der Waals surface area contributed by atoms with E-state index in [0.29, 0.717) is 19.1 Å². The predicted octanol–water partition coefficient (Wildman–Crippen LogP) is 1.83. The van der Waals surface area contributed by atoms with Crippen LogP contribution in [0.3, 0.4) is 0 Å². The third kappa shape index (κ3) is 3.63. The maximum absolute atomic E-state index is 12.5. The summed E-state index contributed by atoms with van der Waals surface area (Å²) >= 11 is 0. The molecular formula is C19H25N3O3. The highest BCUT2D eigenvalue weighted by molar-refractivity contribution is 5.97. The SMILES string of the molecule is O=C(NCC(=O)N1CCCc2ccccc21)N[C@@H]1CCO[C@H]1C1CC1. The number of nitrogens with zero attached hydrogens (tertiary/aromatic N) is 1. The average molecular weight is 343 g/mol. The standard InChI is InChI=1S/C19H25N3O3/c23-17(22-10-3-5-13-4-1-2-6-16(13)22)12-20-19(24)21-15-9-11-25-18(15)14-7-8-14/h1-2,4,6,14-15,18H,3,5,7-12H2,(H2,20,21,24)/t15-,18+/m1/s1. The number of amides is 3. The molecule has 0 aromatic heterocycles. The Labute approximate surface area is 147 Å². The van der Waals surface area contributed by atoms with Crippen LogP contribution in [0.15, 0.2) is 24.3 Å². The van der Waals surface area contributed by atoms with Crippen molar-refractivity contribution in [3.63, 3.8) is 0 Å². The number of hydrogen-bond acceptors (Lipinski definition) is 3. The van der Waals surface area contributed by atoms with E-state index in [4.69, 9.17) is 4.74 Å². The van der Waals surface area contributed by atoms with Crippen LogP contribution in [0.2, 0.25) is 0 Å². The molecule has 2 heterocycles. The number of benzene rings is 1. The quantitative estimate of drug-likeness (QED) is 0.876. The number of carbonyl (C=O) groups excluding carboxylic acids is 2. The summed E-state index contributed by atoms with van der Waals surface area (Å²) < 4.78 is 5.73. The van der Waals surface area contributed by atoms with Gasteiger partial charge >= 0.3 is 6.03 Å². The molecule has 3 aliphatic rings. The minimum Gasteiger partial charge on any atom is -0.376 e. The number of nitrogens with one attached hydrogen (secondary N) is 2. The molecular weight excluding hydrogens is 318 g/mol. The van der Waals surface area contributed by atoms with Crippen LogP contribution in [0.5, 0.6) is 0 Å². The Morgan fingerprint density at radius 1 is 1.20 bits per heavy atom. The van der Waals surface area contributed by atoms with Crippen LogP contribution in [0.25, 0.3) is 0 Å². The zero-order chi connectivity index (χ0) is 17.2. The van der Waals surface area contributed by atoms with E-state index in [-0.39, 0.29) is 30.6 Å². The van der Waals surface area contributed by atoms with E-state index in [9.17, 15) is 9.59 Å². The summed E-state index contributed by atoms with van der Waals surface area (Å²) in [4.78, 5) is 26.5. The number of urea groups is 1. The van der Waals surface area contributed by atoms with E-state index in [0.717, 1.165) is 24.9 Å². The molecule has 25 heavy (non-hydrogen) atoms. The van der Waals surface area contributed by atoms with Crippen molar-refractivity contribution in [1.29, 1.82) is 0 Å². The van der Waals surface area contributed by atoms with Gasteiger partial charge in [-0.1, -0.05) is 18.2 Å². The number of aryl methyl sites for hydroxylation is 1. The van der Waals surface area contributed by atoms with Crippen LogP contribution in [0.1, 0.15) is 31.2 Å². The number of anilines is 1. The van der Waals surface area contributed by atoms with Crippen molar-refractivity contribution in [2.75, 3.05) is 24.6 Å². The molecule has 1 aromatic carbocycles. The molecule has 0 radical (unpaired) electrons. The van der Waals surface area contributed by atoms with E-state index < -0.39 is 0 Å². The minimum absolute atomic E-state index is 0.0157. The lowest BCUT2D eigenvalue weighted by atomic mass is 10.0. The maximum atomic E-state index is 12.5. The van der Waals surface area contributed by atoms with Gasteiger partial charge in [-0.15, -0.1) is 0 Å². The number of para-hydroxylation sites is 1. The smallest absolute Gasteiger partial charge is 0.315 e. The molecule has 6 nitrogen and oxygen atoms in total. The molecule has 134 valence electrons. The second-order valence-corrected chi connectivity index (χ2v) is 7.17. The fourth-order valence-corrected chi connectivity index (χ4v) is 3.92. The Morgan fingerprint density at radius 2 is 2.04 bits per heavy atom. The highest BCUT2D eigenvalue weighted by Gasteiger charge is 2.41. The van der Waals surface area contributed by atoms with Crippen molar-refractivity contribution in [2.45, 2.75) is 44.2 Å². The molecule has 2 aliphatic heterocycles. The van der Waals surface area contributed by atoms with Crippen LogP contribution in [0.4, 0.5) is 10.5 Å². The van der Waals surface area contributed by atoms with E-state index in [1.165, 1.54) is 18.4 Å². The van der Waals surface area contributed by atoms with Gasteiger partial charge in [0.2, 0.25) is 5.91 Å². The van der Waals surface area contributed by atoms with Crippen molar-refractivity contribution in [3.05, 3.63) is 29.8 Å². The Bertz CT molecular complexity index is 659. The first-order chi connectivity index (χ1) is 12.2. The van der Waals surface area contributed by atoms with Gasteiger partial charge in [0.15, 0.2) is 0 Å². The number of ether oxygens (including phenoxy) is 1. The first kappa shape index (κ1) is 16.4. The monoisotopic (exact) mass is 343 g/mol. The maximum Gasteiger partial charge on any atom is 0.315 e. The lowest BCUT2D eigenvalue weighted by molar-refractivity contribution is -0.117. The molecule has 2 atom stereocenters. The normalized spacial score (nSPS) is 25.4. The first-order valence-electron chi connectivity index (χ1n) is 9.26. The lowest BCUT2D eigenvalue weighted by Gasteiger charge is -2.29. The Balaban J connectivity index is 1.29. The molecule has 3 amide bonds. The summed E-state index contributed by atoms with van der Waals surface area (Å²) in [5.41, 5.74) is 2.17. The van der Waals surface area contributed by atoms with E-state index in [2.05, 4.69) is 16.7 Å². The van der Waals surface area contributed by atoms with Crippen molar-refractivity contribution >= 4 is 17.6 Å². The van der Waals surface area contributed by atoms with Crippen LogP contribution < -0.4 is 15.5 Å². The van der Waals surface area contributed by atoms with Crippen LogP contribution in [-0.4, -0.2) is 43.8 Å². The van der Waals surface area contributed by atoms with Gasteiger partial charge in [-0.25, -0.2) is 4.79 Å². The van der Waals surface area contributed by atoms with Gasteiger partial charge in [-0.2, -0.15) is 0 Å². The van der Waals surface area contributed by atoms with Crippen LogP contribution in [-0.2, 0) is 16.0 Å². The summed E-state index contributed by atoms with van der Waals surface area (Å²) in [6.07, 6.45) is 5.34. The molecule has 1 saturated heterocycles.